The maximum absolute atomic E-state index is 12.8. The molecule has 1 amide bonds. The molecule has 37 heavy (non-hydrogen) atoms. The van der Waals surface area contributed by atoms with Crippen molar-refractivity contribution in [1.29, 1.82) is 0 Å². The molecule has 1 aliphatic heterocycles. The number of amides is 1. The number of likely N-dealkylation sites (N-methyl/N-ethyl adjacent to an activating group) is 1. The second-order valence-corrected chi connectivity index (χ2v) is 9.37. The molecule has 1 heterocycles. The van der Waals surface area contributed by atoms with Crippen LogP contribution >= 0.6 is 0 Å². The second-order valence-electron chi connectivity index (χ2n) is 9.37. The third-order valence-electron chi connectivity index (χ3n) is 5.88. The molecular weight excluding hydrogens is 456 g/mol. The zero-order valence-corrected chi connectivity index (χ0v) is 24.6. The van der Waals surface area contributed by atoms with Crippen LogP contribution in [-0.2, 0) is 4.79 Å². The highest BCUT2D eigenvalue weighted by atomic mass is 16.2. The molecule has 0 aliphatic carbocycles. The van der Waals surface area contributed by atoms with Gasteiger partial charge in [-0.3, -0.25) is 9.79 Å². The van der Waals surface area contributed by atoms with Gasteiger partial charge in [0.25, 0.3) is 5.91 Å². The number of anilines is 2. The number of benzene rings is 2. The van der Waals surface area contributed by atoms with Crippen LogP contribution in [0.2, 0.25) is 0 Å². The van der Waals surface area contributed by atoms with E-state index in [-0.39, 0.29) is 5.91 Å². The van der Waals surface area contributed by atoms with E-state index < -0.39 is 0 Å². The zero-order valence-electron chi connectivity index (χ0n) is 24.6. The zero-order chi connectivity index (χ0) is 28.0. The fourth-order valence-electron chi connectivity index (χ4n) is 3.90. The Morgan fingerprint density at radius 2 is 1.73 bits per heavy atom. The molecule has 3 rings (SSSR count). The number of carbonyl (C=O) groups excluding carboxylic acids is 1. The molecule has 202 valence electrons. The van der Waals surface area contributed by atoms with Crippen molar-refractivity contribution >= 4 is 23.0 Å². The molecule has 0 bridgehead atoms. The predicted molar refractivity (Wildman–Crippen MR) is 163 cm³/mol. The van der Waals surface area contributed by atoms with Gasteiger partial charge in [-0.1, -0.05) is 56.3 Å². The Kier molecular flexibility index (Phi) is 14.2. The number of nitrogens with zero attached hydrogens (tertiary/aromatic N) is 3. The summed E-state index contributed by atoms with van der Waals surface area (Å²) in [6, 6.07) is 17.3. The molecule has 0 radical (unpaired) electrons. The number of nitrogens with one attached hydrogen (secondary N) is 1. The molecule has 1 N–H and O–H groups in total. The predicted octanol–water partition coefficient (Wildman–Crippen LogP) is 7.11. The monoisotopic (exact) mass is 504 g/mol. The first-order chi connectivity index (χ1) is 17.6. The fraction of sp³-hybridized carbons (Fsp3) is 0.438. The van der Waals surface area contributed by atoms with Crippen molar-refractivity contribution in [1.82, 2.24) is 5.32 Å². The minimum Gasteiger partial charge on any atom is -0.369 e. The molecule has 0 saturated carbocycles. The minimum absolute atomic E-state index is 0.0655. The molecule has 2 aromatic carbocycles. The maximum atomic E-state index is 12.8. The van der Waals surface area contributed by atoms with E-state index in [0.717, 1.165) is 42.2 Å². The van der Waals surface area contributed by atoms with Gasteiger partial charge in [-0.25, -0.2) is 0 Å². The first-order valence-corrected chi connectivity index (χ1v) is 13.4. The van der Waals surface area contributed by atoms with Gasteiger partial charge in [0.05, 0.1) is 5.57 Å². The van der Waals surface area contributed by atoms with Crippen LogP contribution in [0.25, 0.3) is 0 Å². The van der Waals surface area contributed by atoms with E-state index in [1.54, 1.807) is 11.1 Å². The Morgan fingerprint density at radius 1 is 1.11 bits per heavy atom. The highest BCUT2D eigenvalue weighted by Crippen LogP contribution is 2.23. The highest BCUT2D eigenvalue weighted by Gasteiger charge is 2.20. The third kappa shape index (κ3) is 10.4. The number of hydrogen-bond acceptors (Lipinski definition) is 4. The third-order valence-corrected chi connectivity index (χ3v) is 5.88. The lowest BCUT2D eigenvalue weighted by atomic mass is 10.1. The lowest BCUT2D eigenvalue weighted by Crippen LogP contribution is -2.49. The molecule has 1 saturated heterocycles. The van der Waals surface area contributed by atoms with Gasteiger partial charge in [-0.05, 0) is 77.8 Å². The second kappa shape index (κ2) is 16.5. The molecule has 0 unspecified atom stereocenters. The number of hydrogen-bond donors (Lipinski definition) is 1. The van der Waals surface area contributed by atoms with Crippen LogP contribution < -0.4 is 15.1 Å². The molecular formula is C32H48N4O. The van der Waals surface area contributed by atoms with Gasteiger partial charge in [0.1, 0.15) is 0 Å². The molecule has 1 atom stereocenters. The molecule has 1 aliphatic rings. The maximum Gasteiger partial charge on any atom is 0.260 e. The SMILES string of the molecule is C=C(C)/C(=C\N=C(C)C)C(=O)N(CC)c1ccccc1C.CC.Cc1ccc(N2CCN[C@H](C)C2)cc1. The van der Waals surface area contributed by atoms with E-state index in [9.17, 15) is 4.79 Å². The van der Waals surface area contributed by atoms with Crippen LogP contribution in [0.1, 0.15) is 59.6 Å². The Bertz CT molecular complexity index is 1050. The molecule has 0 spiro atoms. The normalized spacial score (nSPS) is 14.9. The Balaban J connectivity index is 0.000000369. The van der Waals surface area contributed by atoms with Crippen LogP contribution in [0.15, 0.2) is 77.4 Å². The van der Waals surface area contributed by atoms with E-state index in [2.05, 4.69) is 59.9 Å². The van der Waals surface area contributed by atoms with E-state index in [1.807, 2.05) is 72.7 Å². The van der Waals surface area contributed by atoms with Crippen LogP contribution in [0.3, 0.4) is 0 Å². The number of aryl methyl sites for hydroxylation is 2. The average Bonchev–Trinajstić information content (AvgIpc) is 2.87. The Hall–Kier alpha value is -3.18. The standard InChI is InChI=1S/C18H24N2O.C12H18N2.C2H6/c1-7-20(17-11-9-8-10-15(17)6)18(21)16(13(2)3)12-19-14(4)5;1-10-3-5-12(6-4-10)14-8-7-13-11(2)9-14;1-2/h8-12H,2,7H2,1,3-6H3;3-6,11,13H,7-9H2,1-2H3;1-2H3/b16-12+;;/t;11-;/m.1./s1. The summed E-state index contributed by atoms with van der Waals surface area (Å²) in [6.45, 7) is 25.8. The van der Waals surface area contributed by atoms with Crippen LogP contribution in [-0.4, -0.2) is 43.8 Å². The number of piperazine rings is 1. The van der Waals surface area contributed by atoms with Crippen LogP contribution in [0.5, 0.6) is 0 Å². The average molecular weight is 505 g/mol. The summed E-state index contributed by atoms with van der Waals surface area (Å²) >= 11 is 0. The van der Waals surface area contributed by atoms with Crippen molar-refractivity contribution in [2.24, 2.45) is 4.99 Å². The summed E-state index contributed by atoms with van der Waals surface area (Å²) in [5.41, 5.74) is 6.85. The summed E-state index contributed by atoms with van der Waals surface area (Å²) in [5, 5.41) is 3.45. The summed E-state index contributed by atoms with van der Waals surface area (Å²) in [4.78, 5) is 21.3. The number of rotatable bonds is 6. The van der Waals surface area contributed by atoms with Crippen molar-refractivity contribution < 1.29 is 4.79 Å². The first-order valence-electron chi connectivity index (χ1n) is 13.4. The van der Waals surface area contributed by atoms with Gasteiger partial charge < -0.3 is 15.1 Å². The van der Waals surface area contributed by atoms with Gasteiger partial charge in [0.15, 0.2) is 0 Å². The highest BCUT2D eigenvalue weighted by molar-refractivity contribution is 6.08. The Morgan fingerprint density at radius 3 is 2.24 bits per heavy atom. The van der Waals surface area contributed by atoms with Gasteiger partial charge in [0, 0.05) is 55.5 Å². The van der Waals surface area contributed by atoms with E-state index in [4.69, 9.17) is 0 Å². The van der Waals surface area contributed by atoms with Crippen LogP contribution in [0, 0.1) is 13.8 Å². The van der Waals surface area contributed by atoms with Crippen molar-refractivity contribution in [3.63, 3.8) is 0 Å². The van der Waals surface area contributed by atoms with Crippen LogP contribution in [0.4, 0.5) is 11.4 Å². The molecule has 5 heteroatoms. The Labute approximate surface area is 226 Å². The smallest absolute Gasteiger partial charge is 0.260 e. The van der Waals surface area contributed by atoms with Crippen molar-refractivity contribution in [2.75, 3.05) is 36.0 Å². The topological polar surface area (TPSA) is 47.9 Å². The minimum atomic E-state index is -0.0655. The fourth-order valence-corrected chi connectivity index (χ4v) is 3.90. The van der Waals surface area contributed by atoms with Gasteiger partial charge >= 0.3 is 0 Å². The molecule has 0 aromatic heterocycles. The van der Waals surface area contributed by atoms with Gasteiger partial charge in [-0.15, -0.1) is 0 Å². The largest absolute Gasteiger partial charge is 0.369 e. The number of carbonyl (C=O) groups is 1. The quantitative estimate of drug-likeness (QED) is 0.259. The summed E-state index contributed by atoms with van der Waals surface area (Å²) in [5.74, 6) is -0.0655. The van der Waals surface area contributed by atoms with Gasteiger partial charge in [-0.2, -0.15) is 0 Å². The van der Waals surface area contributed by atoms with Crippen molar-refractivity contribution in [3.05, 3.63) is 83.6 Å². The molecule has 5 nitrogen and oxygen atoms in total. The lowest BCUT2D eigenvalue weighted by Gasteiger charge is -2.33. The molecule has 2 aromatic rings. The first kappa shape index (κ1) is 31.8. The van der Waals surface area contributed by atoms with Crippen molar-refractivity contribution in [2.45, 2.75) is 68.4 Å². The van der Waals surface area contributed by atoms with E-state index in [1.165, 1.54) is 11.3 Å². The summed E-state index contributed by atoms with van der Waals surface area (Å²) in [6.07, 6.45) is 1.61. The van der Waals surface area contributed by atoms with E-state index >= 15 is 0 Å². The van der Waals surface area contributed by atoms with Crippen molar-refractivity contribution in [3.8, 4) is 0 Å². The summed E-state index contributed by atoms with van der Waals surface area (Å²) in [7, 11) is 0. The number of aliphatic imine (C=N–C) groups is 1. The lowest BCUT2D eigenvalue weighted by molar-refractivity contribution is -0.114. The van der Waals surface area contributed by atoms with Gasteiger partial charge in [0.2, 0.25) is 0 Å². The summed E-state index contributed by atoms with van der Waals surface area (Å²) < 4.78 is 0. The van der Waals surface area contributed by atoms with E-state index in [0.29, 0.717) is 18.2 Å². The number of para-hydroxylation sites is 1. The molecule has 1 fully saturated rings.